The zero-order valence-electron chi connectivity index (χ0n) is 6.64. The number of carbonyl (C=O) groups is 1. The molecule has 1 aromatic rings. The first kappa shape index (κ1) is 16.5. The van der Waals surface area contributed by atoms with Gasteiger partial charge in [0.1, 0.15) is 0 Å². The van der Waals surface area contributed by atoms with Crippen molar-refractivity contribution in [3.8, 4) is 0 Å². The van der Waals surface area contributed by atoms with E-state index in [1.54, 1.807) is 0 Å². The Bertz CT molecular complexity index is 396. The first-order valence-electron chi connectivity index (χ1n) is 3.32. The van der Waals surface area contributed by atoms with Gasteiger partial charge in [-0.3, -0.25) is 0 Å². The van der Waals surface area contributed by atoms with Crippen LogP contribution in [0.1, 0.15) is 10.4 Å². The Labute approximate surface area is 150 Å². The average molecular weight is 554 g/mol. The number of hydrogen-bond acceptors (Lipinski definition) is 3. The van der Waals surface area contributed by atoms with Crippen molar-refractivity contribution < 1.29 is 9.90 Å². The number of anilines is 2. The van der Waals surface area contributed by atoms with Crippen LogP contribution in [0, 0.1) is 10.7 Å². The number of nitrogen functional groups attached to an aromatic ring is 2. The van der Waals surface area contributed by atoms with E-state index in [4.69, 9.17) is 16.6 Å². The minimum absolute atomic E-state index is 0. The molecule has 0 heterocycles. The van der Waals surface area contributed by atoms with Crippen molar-refractivity contribution in [1.29, 1.82) is 0 Å². The second-order valence-electron chi connectivity index (χ2n) is 2.45. The van der Waals surface area contributed by atoms with Crippen molar-refractivity contribution in [3.05, 3.63) is 16.3 Å². The molecule has 0 fully saturated rings. The summed E-state index contributed by atoms with van der Waals surface area (Å²) < 4.78 is 1.79. The van der Waals surface area contributed by atoms with Crippen LogP contribution in [0.5, 0.6) is 0 Å². The van der Waals surface area contributed by atoms with Crippen molar-refractivity contribution in [2.75, 3.05) is 11.5 Å². The van der Waals surface area contributed by atoms with Crippen molar-refractivity contribution in [2.24, 2.45) is 0 Å². The molecule has 0 bridgehead atoms. The molecular weight excluding hydrogens is 548 g/mol. The van der Waals surface area contributed by atoms with Crippen LogP contribution in [0.15, 0.2) is 0 Å². The average Bonchev–Trinajstić information content (AvgIpc) is 2.11. The van der Waals surface area contributed by atoms with Gasteiger partial charge in [-0.1, -0.05) is 0 Å². The number of carboxylic acids is 1. The van der Waals surface area contributed by atoms with Gasteiger partial charge in [0.05, 0.1) is 27.6 Å². The Balaban J connectivity index is 0.00000196. The molecule has 0 aliphatic rings. The molecule has 0 radical (unpaired) electrons. The van der Waals surface area contributed by atoms with Gasteiger partial charge in [0.2, 0.25) is 0 Å². The van der Waals surface area contributed by atoms with Crippen LogP contribution in [0.25, 0.3) is 0 Å². The molecule has 0 spiro atoms. The molecule has 5 N–H and O–H groups in total. The summed E-state index contributed by atoms with van der Waals surface area (Å²) in [6.45, 7) is 0. The van der Waals surface area contributed by atoms with Gasteiger partial charge in [0.15, 0.2) is 0 Å². The van der Waals surface area contributed by atoms with E-state index in [0.717, 1.165) is 0 Å². The van der Waals surface area contributed by atoms with Crippen LogP contribution < -0.4 is 11.5 Å². The van der Waals surface area contributed by atoms with Crippen molar-refractivity contribution in [2.45, 2.75) is 0 Å². The van der Waals surface area contributed by atoms with Crippen LogP contribution in [0.3, 0.4) is 0 Å². The molecule has 0 amide bonds. The Morgan fingerprint density at radius 1 is 1.00 bits per heavy atom. The SMILES string of the molecule is Nc1c(I)c(N)c(I)c(C(=O)O)c1I.[NaH]. The zero-order valence-corrected chi connectivity index (χ0v) is 13.1. The van der Waals surface area contributed by atoms with E-state index in [1.807, 2.05) is 67.8 Å². The standard InChI is InChI=1S/C7H5I3N2O2.Na.H/c8-2-1(7(13)14)3(9)6(12)4(10)5(2)11;;/h11-12H2,(H,13,14);;. The predicted molar refractivity (Wildman–Crippen MR) is 87.5 cm³/mol. The molecule has 15 heavy (non-hydrogen) atoms. The maximum absolute atomic E-state index is 10.9. The molecule has 8 heteroatoms. The quantitative estimate of drug-likeness (QED) is 0.281. The van der Waals surface area contributed by atoms with E-state index in [9.17, 15) is 4.79 Å². The normalized spacial score (nSPS) is 9.53. The van der Waals surface area contributed by atoms with Gasteiger partial charge in [-0.05, 0) is 67.8 Å². The summed E-state index contributed by atoms with van der Waals surface area (Å²) in [5, 5.41) is 8.96. The van der Waals surface area contributed by atoms with Gasteiger partial charge in [-0.25, -0.2) is 4.79 Å². The van der Waals surface area contributed by atoms with Gasteiger partial charge in [-0.2, -0.15) is 0 Å². The molecule has 0 aliphatic carbocycles. The summed E-state index contributed by atoms with van der Waals surface area (Å²) in [4.78, 5) is 10.9. The third-order valence-corrected chi connectivity index (χ3v) is 5.00. The van der Waals surface area contributed by atoms with Crippen molar-refractivity contribution in [1.82, 2.24) is 0 Å². The number of aromatic carboxylic acids is 1. The number of nitrogens with two attached hydrogens (primary N) is 2. The fourth-order valence-electron chi connectivity index (χ4n) is 0.891. The molecule has 78 valence electrons. The summed E-state index contributed by atoms with van der Waals surface area (Å²) in [5.41, 5.74) is 12.5. The summed E-state index contributed by atoms with van der Waals surface area (Å²) in [6, 6.07) is 0. The van der Waals surface area contributed by atoms with E-state index >= 15 is 0 Å². The molecule has 0 aromatic heterocycles. The number of carboxylic acid groups (broad SMARTS) is 1. The van der Waals surface area contributed by atoms with Crippen LogP contribution in [-0.2, 0) is 0 Å². The molecule has 0 unspecified atom stereocenters. The topological polar surface area (TPSA) is 89.3 Å². The number of rotatable bonds is 1. The number of halogens is 3. The first-order valence-corrected chi connectivity index (χ1v) is 6.56. The number of benzene rings is 1. The fraction of sp³-hybridized carbons (Fsp3) is 0. The van der Waals surface area contributed by atoms with Crippen molar-refractivity contribution in [3.63, 3.8) is 0 Å². The minimum atomic E-state index is -1.01. The van der Waals surface area contributed by atoms with E-state index < -0.39 is 5.97 Å². The van der Waals surface area contributed by atoms with Gasteiger partial charge in [-0.15, -0.1) is 0 Å². The molecule has 0 aliphatic heterocycles. The summed E-state index contributed by atoms with van der Waals surface area (Å²) in [6.07, 6.45) is 0. The Morgan fingerprint density at radius 2 is 1.33 bits per heavy atom. The zero-order chi connectivity index (χ0) is 11.0. The molecule has 1 rings (SSSR count). The predicted octanol–water partition coefficient (Wildman–Crippen LogP) is 1.71. The number of hydrogen-bond donors (Lipinski definition) is 3. The second-order valence-corrected chi connectivity index (χ2v) is 5.69. The molecule has 0 atom stereocenters. The van der Waals surface area contributed by atoms with Gasteiger partial charge in [0.25, 0.3) is 0 Å². The third kappa shape index (κ3) is 3.24. The van der Waals surface area contributed by atoms with E-state index in [1.165, 1.54) is 0 Å². The fourth-order valence-corrected chi connectivity index (χ4v) is 4.52. The summed E-state index contributed by atoms with van der Waals surface area (Å²) in [5.74, 6) is -1.01. The molecule has 4 nitrogen and oxygen atoms in total. The molecule has 0 saturated carbocycles. The summed E-state index contributed by atoms with van der Waals surface area (Å²) >= 11 is 5.84. The van der Waals surface area contributed by atoms with Crippen LogP contribution >= 0.6 is 67.8 Å². The van der Waals surface area contributed by atoms with Crippen LogP contribution in [0.2, 0.25) is 0 Å². The maximum atomic E-state index is 10.9. The van der Waals surface area contributed by atoms with Gasteiger partial charge >= 0.3 is 35.5 Å². The first-order chi connectivity index (χ1) is 6.37. The van der Waals surface area contributed by atoms with Gasteiger partial charge < -0.3 is 16.6 Å². The van der Waals surface area contributed by atoms with Gasteiger partial charge in [0, 0.05) is 0 Å². The Morgan fingerprint density at radius 3 is 1.60 bits per heavy atom. The molecule has 0 saturated heterocycles. The molecular formula is C7H6I3N2NaO2. The van der Waals surface area contributed by atoms with Crippen LogP contribution in [0.4, 0.5) is 11.4 Å². The molecule has 1 aromatic carbocycles. The van der Waals surface area contributed by atoms with Crippen LogP contribution in [-0.4, -0.2) is 40.6 Å². The van der Waals surface area contributed by atoms with Crippen molar-refractivity contribution >= 4 is 115 Å². The third-order valence-electron chi connectivity index (χ3n) is 1.60. The Kier molecular flexibility index (Phi) is 7.06. The van der Waals surface area contributed by atoms with E-state index in [2.05, 4.69) is 0 Å². The summed E-state index contributed by atoms with van der Waals surface area (Å²) in [7, 11) is 0. The van der Waals surface area contributed by atoms with E-state index in [0.29, 0.717) is 22.1 Å². The Hall–Kier alpha value is 1.48. The monoisotopic (exact) mass is 554 g/mol. The second kappa shape index (κ2) is 6.42. The van der Waals surface area contributed by atoms with E-state index in [-0.39, 0.29) is 35.1 Å².